The smallest absolute Gasteiger partial charge is 0.251 e. The molecule has 1 aromatic heterocycles. The topological polar surface area (TPSA) is 87.5 Å². The number of benzene rings is 2. The third-order valence-corrected chi connectivity index (χ3v) is 8.05. The third kappa shape index (κ3) is 4.42. The zero-order chi connectivity index (χ0) is 24.6. The number of hydrogen-bond donors (Lipinski definition) is 1. The number of fused-ring (bicyclic) bond motifs is 2. The second-order valence-electron chi connectivity index (χ2n) is 9.17. The number of sulfonamides is 1. The van der Waals surface area contributed by atoms with Crippen molar-refractivity contribution in [2.24, 2.45) is 0 Å². The first-order valence-electron chi connectivity index (χ1n) is 11.7. The molecule has 2 heterocycles. The van der Waals surface area contributed by atoms with Gasteiger partial charge in [0.1, 0.15) is 5.82 Å². The Morgan fingerprint density at radius 1 is 1.21 bits per heavy atom. The van der Waals surface area contributed by atoms with Crippen molar-refractivity contribution in [1.29, 1.82) is 0 Å². The SMILES string of the molecule is CCn1c(CN2CCCc3c(C(=O)NC(C)C)cccc32)nc2cc(S(=O)(=O)N(C)C)ccc21. The second-order valence-corrected chi connectivity index (χ2v) is 11.3. The molecule has 0 atom stereocenters. The Hall–Kier alpha value is -2.91. The molecule has 34 heavy (non-hydrogen) atoms. The van der Waals surface area contributed by atoms with E-state index in [0.29, 0.717) is 12.1 Å². The molecule has 2 aromatic carbocycles. The molecule has 0 aliphatic carbocycles. The molecule has 8 nitrogen and oxygen atoms in total. The Kier molecular flexibility index (Phi) is 6.69. The summed E-state index contributed by atoms with van der Waals surface area (Å²) >= 11 is 0. The molecule has 0 unspecified atom stereocenters. The first-order chi connectivity index (χ1) is 16.1. The molecule has 0 fully saturated rings. The fourth-order valence-corrected chi connectivity index (χ4v) is 5.51. The van der Waals surface area contributed by atoms with Gasteiger partial charge in [0.05, 0.1) is 22.5 Å². The summed E-state index contributed by atoms with van der Waals surface area (Å²) in [6.07, 6.45) is 1.82. The second kappa shape index (κ2) is 9.38. The van der Waals surface area contributed by atoms with Gasteiger partial charge in [-0.05, 0) is 69.5 Å². The quantitative estimate of drug-likeness (QED) is 0.557. The van der Waals surface area contributed by atoms with Gasteiger partial charge in [-0.3, -0.25) is 4.79 Å². The van der Waals surface area contributed by atoms with E-state index in [2.05, 4.69) is 27.8 Å². The zero-order valence-electron chi connectivity index (χ0n) is 20.5. The van der Waals surface area contributed by atoms with Gasteiger partial charge in [-0.1, -0.05) is 6.07 Å². The third-order valence-electron chi connectivity index (χ3n) is 6.24. The number of carbonyl (C=O) groups excluding carboxylic acids is 1. The van der Waals surface area contributed by atoms with Crippen LogP contribution in [-0.4, -0.2) is 54.9 Å². The number of amides is 1. The molecule has 0 bridgehead atoms. The van der Waals surface area contributed by atoms with Crippen LogP contribution in [0.3, 0.4) is 0 Å². The van der Waals surface area contributed by atoms with Crippen LogP contribution in [0.4, 0.5) is 5.69 Å². The summed E-state index contributed by atoms with van der Waals surface area (Å²) < 4.78 is 28.5. The van der Waals surface area contributed by atoms with Crippen molar-refractivity contribution in [3.05, 3.63) is 53.3 Å². The van der Waals surface area contributed by atoms with Crippen LogP contribution in [0.15, 0.2) is 41.3 Å². The molecule has 1 N–H and O–H groups in total. The van der Waals surface area contributed by atoms with Gasteiger partial charge in [0.2, 0.25) is 10.0 Å². The van der Waals surface area contributed by atoms with Gasteiger partial charge < -0.3 is 14.8 Å². The largest absolute Gasteiger partial charge is 0.364 e. The Balaban J connectivity index is 1.71. The van der Waals surface area contributed by atoms with Gasteiger partial charge in [0.15, 0.2) is 0 Å². The van der Waals surface area contributed by atoms with Crippen LogP contribution in [-0.2, 0) is 29.5 Å². The Morgan fingerprint density at radius 2 is 1.97 bits per heavy atom. The maximum atomic E-state index is 12.8. The van der Waals surface area contributed by atoms with Crippen molar-refractivity contribution in [1.82, 2.24) is 19.2 Å². The molecular weight excluding hydrogens is 450 g/mol. The predicted octanol–water partition coefficient (Wildman–Crippen LogP) is 3.40. The minimum atomic E-state index is -3.53. The summed E-state index contributed by atoms with van der Waals surface area (Å²) in [4.78, 5) is 20.1. The van der Waals surface area contributed by atoms with Crippen LogP contribution in [0.2, 0.25) is 0 Å². The number of rotatable bonds is 7. The number of anilines is 1. The van der Waals surface area contributed by atoms with Crippen molar-refractivity contribution in [2.45, 2.75) is 57.6 Å². The normalized spacial score (nSPS) is 14.1. The van der Waals surface area contributed by atoms with Gasteiger partial charge >= 0.3 is 0 Å². The highest BCUT2D eigenvalue weighted by Gasteiger charge is 2.25. The van der Waals surface area contributed by atoms with Gasteiger partial charge in [-0.2, -0.15) is 0 Å². The summed E-state index contributed by atoms with van der Waals surface area (Å²) in [5, 5.41) is 3.01. The minimum absolute atomic E-state index is 0.0378. The Labute approximate surface area is 201 Å². The van der Waals surface area contributed by atoms with E-state index in [-0.39, 0.29) is 16.8 Å². The molecule has 0 saturated carbocycles. The van der Waals surface area contributed by atoms with E-state index in [1.54, 1.807) is 12.1 Å². The van der Waals surface area contributed by atoms with Gasteiger partial charge in [0.25, 0.3) is 5.91 Å². The molecule has 1 amide bonds. The molecule has 9 heteroatoms. The predicted molar refractivity (Wildman–Crippen MR) is 135 cm³/mol. The van der Waals surface area contributed by atoms with Gasteiger partial charge in [-0.15, -0.1) is 0 Å². The Morgan fingerprint density at radius 3 is 2.65 bits per heavy atom. The maximum absolute atomic E-state index is 12.8. The zero-order valence-corrected chi connectivity index (χ0v) is 21.3. The highest BCUT2D eigenvalue weighted by Crippen LogP contribution is 2.32. The summed E-state index contributed by atoms with van der Waals surface area (Å²) in [6, 6.07) is 11.1. The van der Waals surface area contributed by atoms with Crippen LogP contribution in [0.5, 0.6) is 0 Å². The van der Waals surface area contributed by atoms with Crippen LogP contribution >= 0.6 is 0 Å². The lowest BCUT2D eigenvalue weighted by Crippen LogP contribution is -2.34. The summed E-state index contributed by atoms with van der Waals surface area (Å²) in [5.74, 6) is 0.839. The van der Waals surface area contributed by atoms with Crippen molar-refractivity contribution in [2.75, 3.05) is 25.5 Å². The van der Waals surface area contributed by atoms with E-state index in [1.807, 2.05) is 32.0 Å². The summed E-state index contributed by atoms with van der Waals surface area (Å²) in [6.45, 7) is 8.17. The number of nitrogens with zero attached hydrogens (tertiary/aromatic N) is 4. The van der Waals surface area contributed by atoms with Crippen molar-refractivity contribution >= 4 is 32.7 Å². The van der Waals surface area contributed by atoms with Crippen LogP contribution in [0.1, 0.15) is 48.9 Å². The van der Waals surface area contributed by atoms with Gasteiger partial charge in [-0.25, -0.2) is 17.7 Å². The number of carbonyl (C=O) groups is 1. The molecule has 1 aliphatic heterocycles. The number of imidazole rings is 1. The molecular formula is C25H33N5O3S. The van der Waals surface area contributed by atoms with Crippen molar-refractivity contribution in [3.8, 4) is 0 Å². The number of hydrogen-bond acceptors (Lipinski definition) is 5. The van der Waals surface area contributed by atoms with E-state index in [1.165, 1.54) is 18.4 Å². The molecule has 182 valence electrons. The average molecular weight is 484 g/mol. The number of aromatic nitrogens is 2. The molecule has 1 aliphatic rings. The van der Waals surface area contributed by atoms with Gasteiger partial charge in [0, 0.05) is 44.5 Å². The fourth-order valence-electron chi connectivity index (χ4n) is 4.59. The maximum Gasteiger partial charge on any atom is 0.251 e. The fraction of sp³-hybridized carbons (Fsp3) is 0.440. The monoisotopic (exact) mass is 483 g/mol. The van der Waals surface area contributed by atoms with E-state index >= 15 is 0 Å². The van der Waals surface area contributed by atoms with Crippen molar-refractivity contribution < 1.29 is 13.2 Å². The number of nitrogens with one attached hydrogen (secondary N) is 1. The Bertz CT molecular complexity index is 1330. The van der Waals surface area contributed by atoms with E-state index < -0.39 is 10.0 Å². The lowest BCUT2D eigenvalue weighted by Gasteiger charge is -2.32. The lowest BCUT2D eigenvalue weighted by atomic mass is 9.95. The molecule has 4 rings (SSSR count). The highest BCUT2D eigenvalue weighted by molar-refractivity contribution is 7.89. The minimum Gasteiger partial charge on any atom is -0.364 e. The number of aryl methyl sites for hydroxylation is 1. The standard InChI is InChI=1S/C25H33N5O3S/c1-6-30-23-13-12-18(34(32,33)28(4)5)15-21(23)27-24(30)16-29-14-8-10-19-20(9-7-11-22(19)29)25(31)26-17(2)3/h7,9,11-13,15,17H,6,8,10,14,16H2,1-5H3,(H,26,31). The van der Waals surface area contributed by atoms with E-state index in [4.69, 9.17) is 4.98 Å². The van der Waals surface area contributed by atoms with E-state index in [0.717, 1.165) is 54.1 Å². The highest BCUT2D eigenvalue weighted by atomic mass is 32.2. The lowest BCUT2D eigenvalue weighted by molar-refractivity contribution is 0.0942. The molecule has 0 radical (unpaired) electrons. The van der Waals surface area contributed by atoms with Crippen LogP contribution in [0, 0.1) is 0 Å². The molecule has 0 saturated heterocycles. The first-order valence-corrected chi connectivity index (χ1v) is 13.2. The van der Waals surface area contributed by atoms with Crippen LogP contribution < -0.4 is 10.2 Å². The first kappa shape index (κ1) is 24.2. The summed E-state index contributed by atoms with van der Waals surface area (Å²) in [7, 11) is -0.478. The van der Waals surface area contributed by atoms with E-state index in [9.17, 15) is 13.2 Å². The average Bonchev–Trinajstić information content (AvgIpc) is 3.14. The molecule has 0 spiro atoms. The van der Waals surface area contributed by atoms with Crippen molar-refractivity contribution in [3.63, 3.8) is 0 Å². The van der Waals surface area contributed by atoms with Crippen LogP contribution in [0.25, 0.3) is 11.0 Å². The molecule has 3 aromatic rings. The summed E-state index contributed by atoms with van der Waals surface area (Å²) in [5.41, 5.74) is 4.46.